The van der Waals surface area contributed by atoms with E-state index in [2.05, 4.69) is 17.4 Å². The molecule has 0 saturated heterocycles. The zero-order chi connectivity index (χ0) is 11.4. The van der Waals surface area contributed by atoms with Gasteiger partial charge in [-0.2, -0.15) is 0 Å². The number of nitrogens with one attached hydrogen (secondary N) is 1. The molecule has 0 aliphatic heterocycles. The van der Waals surface area contributed by atoms with Crippen LogP contribution in [0.4, 0.5) is 0 Å². The Kier molecular flexibility index (Phi) is 3.60. The molecule has 0 bridgehead atoms. The van der Waals surface area contributed by atoms with Crippen LogP contribution in [0.5, 0.6) is 0 Å². The van der Waals surface area contributed by atoms with Gasteiger partial charge in [0.25, 0.3) is 5.91 Å². The van der Waals surface area contributed by atoms with Gasteiger partial charge in [-0.25, -0.2) is 0 Å². The second kappa shape index (κ2) is 5.15. The molecule has 16 heavy (non-hydrogen) atoms. The number of carbonyl (C=O) groups excluding carboxylic acids is 1. The van der Waals surface area contributed by atoms with Gasteiger partial charge in [-0.3, -0.25) is 4.79 Å². The van der Waals surface area contributed by atoms with Gasteiger partial charge in [0.05, 0.1) is 0 Å². The van der Waals surface area contributed by atoms with Crippen molar-refractivity contribution >= 4 is 5.91 Å². The maximum atomic E-state index is 11.6. The minimum atomic E-state index is 0.0282. The van der Waals surface area contributed by atoms with Crippen molar-refractivity contribution in [1.29, 1.82) is 0 Å². The topological polar surface area (TPSA) is 29.1 Å². The number of amides is 1. The summed E-state index contributed by atoms with van der Waals surface area (Å²) >= 11 is 0. The first-order valence-electron chi connectivity index (χ1n) is 6.19. The molecule has 1 aromatic rings. The van der Waals surface area contributed by atoms with Gasteiger partial charge in [-0.1, -0.05) is 25.0 Å². The average molecular weight is 217 g/mol. The first kappa shape index (κ1) is 11.2. The fraction of sp³-hybridized carbons (Fsp3) is 0.500. The van der Waals surface area contributed by atoms with E-state index in [-0.39, 0.29) is 5.91 Å². The van der Waals surface area contributed by atoms with Gasteiger partial charge in [-0.05, 0) is 43.4 Å². The van der Waals surface area contributed by atoms with Crippen LogP contribution in [-0.4, -0.2) is 12.5 Å². The summed E-state index contributed by atoms with van der Waals surface area (Å²) in [6.45, 7) is 2.62. The van der Waals surface area contributed by atoms with Gasteiger partial charge in [0.1, 0.15) is 0 Å². The lowest BCUT2D eigenvalue weighted by Gasteiger charge is -2.10. The summed E-state index contributed by atoms with van der Waals surface area (Å²) in [6, 6.07) is 8.11. The molecule has 0 unspecified atom stereocenters. The van der Waals surface area contributed by atoms with E-state index in [4.69, 9.17) is 0 Å². The molecule has 1 amide bonds. The van der Waals surface area contributed by atoms with Gasteiger partial charge in [-0.15, -0.1) is 0 Å². The zero-order valence-corrected chi connectivity index (χ0v) is 9.83. The minimum absolute atomic E-state index is 0.0282. The largest absolute Gasteiger partial charge is 0.352 e. The standard InChI is InChI=1S/C14H19NO/c1-2-15-14(16)13-9-7-12(8-10-13)11-5-3-4-6-11/h7-11H,2-6H2,1H3,(H,15,16). The van der Waals surface area contributed by atoms with Crippen LogP contribution in [0.15, 0.2) is 24.3 Å². The number of hydrogen-bond acceptors (Lipinski definition) is 1. The Morgan fingerprint density at radius 2 is 1.88 bits per heavy atom. The summed E-state index contributed by atoms with van der Waals surface area (Å²) in [5, 5.41) is 2.81. The molecule has 0 radical (unpaired) electrons. The third-order valence-corrected chi connectivity index (χ3v) is 3.34. The average Bonchev–Trinajstić information content (AvgIpc) is 2.83. The Bertz CT molecular complexity index is 350. The summed E-state index contributed by atoms with van der Waals surface area (Å²) in [4.78, 5) is 11.6. The van der Waals surface area contributed by atoms with E-state index >= 15 is 0 Å². The Hall–Kier alpha value is -1.31. The van der Waals surface area contributed by atoms with E-state index in [0.717, 1.165) is 11.5 Å². The van der Waals surface area contributed by atoms with Gasteiger partial charge >= 0.3 is 0 Å². The molecule has 1 aliphatic carbocycles. The SMILES string of the molecule is CCNC(=O)c1ccc(C2CCCC2)cc1. The van der Waals surface area contributed by atoms with E-state index in [9.17, 15) is 4.79 Å². The number of benzene rings is 1. The van der Waals surface area contributed by atoms with Crippen molar-refractivity contribution in [3.05, 3.63) is 35.4 Å². The third-order valence-electron chi connectivity index (χ3n) is 3.34. The number of carbonyl (C=O) groups is 1. The molecule has 1 aromatic carbocycles. The molecule has 1 N–H and O–H groups in total. The highest BCUT2D eigenvalue weighted by molar-refractivity contribution is 5.94. The van der Waals surface area contributed by atoms with E-state index in [0.29, 0.717) is 6.54 Å². The molecule has 1 saturated carbocycles. The second-order valence-corrected chi connectivity index (χ2v) is 4.46. The molecule has 86 valence electrons. The normalized spacial score (nSPS) is 16.3. The zero-order valence-electron chi connectivity index (χ0n) is 9.83. The fourth-order valence-corrected chi connectivity index (χ4v) is 2.43. The minimum Gasteiger partial charge on any atom is -0.352 e. The Balaban J connectivity index is 2.06. The second-order valence-electron chi connectivity index (χ2n) is 4.46. The van der Waals surface area contributed by atoms with Crippen LogP contribution in [0.2, 0.25) is 0 Å². The first-order valence-corrected chi connectivity index (χ1v) is 6.19. The fourth-order valence-electron chi connectivity index (χ4n) is 2.43. The number of rotatable bonds is 3. The smallest absolute Gasteiger partial charge is 0.251 e. The van der Waals surface area contributed by atoms with Crippen LogP contribution in [0, 0.1) is 0 Å². The molecular formula is C14H19NO. The van der Waals surface area contributed by atoms with Crippen LogP contribution in [-0.2, 0) is 0 Å². The summed E-state index contributed by atoms with van der Waals surface area (Å²) in [7, 11) is 0. The van der Waals surface area contributed by atoms with Crippen molar-refractivity contribution in [3.63, 3.8) is 0 Å². The molecule has 0 spiro atoms. The van der Waals surface area contributed by atoms with E-state index in [1.807, 2.05) is 19.1 Å². The highest BCUT2D eigenvalue weighted by Gasteiger charge is 2.16. The molecule has 0 atom stereocenters. The molecular weight excluding hydrogens is 198 g/mol. The van der Waals surface area contributed by atoms with Crippen molar-refractivity contribution in [2.75, 3.05) is 6.54 Å². The highest BCUT2D eigenvalue weighted by Crippen LogP contribution is 2.33. The highest BCUT2D eigenvalue weighted by atomic mass is 16.1. The summed E-state index contributed by atoms with van der Waals surface area (Å²) in [6.07, 6.45) is 5.31. The molecule has 1 fully saturated rings. The third kappa shape index (κ3) is 2.43. The molecule has 2 nitrogen and oxygen atoms in total. The summed E-state index contributed by atoms with van der Waals surface area (Å²) in [5.41, 5.74) is 2.16. The van der Waals surface area contributed by atoms with Crippen LogP contribution in [0.1, 0.15) is 54.4 Å². The Labute approximate surface area is 97.1 Å². The lowest BCUT2D eigenvalue weighted by molar-refractivity contribution is 0.0956. The van der Waals surface area contributed by atoms with Crippen LogP contribution >= 0.6 is 0 Å². The number of hydrogen-bond donors (Lipinski definition) is 1. The lowest BCUT2D eigenvalue weighted by atomic mass is 9.96. The first-order chi connectivity index (χ1) is 7.81. The maximum absolute atomic E-state index is 11.6. The lowest BCUT2D eigenvalue weighted by Crippen LogP contribution is -2.22. The molecule has 0 heterocycles. The quantitative estimate of drug-likeness (QED) is 0.828. The van der Waals surface area contributed by atoms with Gasteiger partial charge in [0.15, 0.2) is 0 Å². The predicted octanol–water partition coefficient (Wildman–Crippen LogP) is 3.09. The van der Waals surface area contributed by atoms with Gasteiger partial charge in [0, 0.05) is 12.1 Å². The monoisotopic (exact) mass is 217 g/mol. The van der Waals surface area contributed by atoms with Gasteiger partial charge < -0.3 is 5.32 Å². The molecule has 1 aliphatic rings. The summed E-state index contributed by atoms with van der Waals surface area (Å²) in [5.74, 6) is 0.753. The predicted molar refractivity (Wildman–Crippen MR) is 65.7 cm³/mol. The molecule has 0 aromatic heterocycles. The van der Waals surface area contributed by atoms with E-state index in [1.54, 1.807) is 0 Å². The van der Waals surface area contributed by atoms with Crippen molar-refractivity contribution in [3.8, 4) is 0 Å². The van der Waals surface area contributed by atoms with Crippen molar-refractivity contribution in [2.24, 2.45) is 0 Å². The van der Waals surface area contributed by atoms with Crippen molar-refractivity contribution in [2.45, 2.75) is 38.5 Å². The molecule has 2 heteroatoms. The molecule has 2 rings (SSSR count). The van der Waals surface area contributed by atoms with Crippen LogP contribution < -0.4 is 5.32 Å². The Morgan fingerprint density at radius 1 is 1.25 bits per heavy atom. The van der Waals surface area contributed by atoms with Gasteiger partial charge in [0.2, 0.25) is 0 Å². The Morgan fingerprint density at radius 3 is 2.44 bits per heavy atom. The van der Waals surface area contributed by atoms with Crippen LogP contribution in [0.25, 0.3) is 0 Å². The summed E-state index contributed by atoms with van der Waals surface area (Å²) < 4.78 is 0. The van der Waals surface area contributed by atoms with E-state index < -0.39 is 0 Å². The van der Waals surface area contributed by atoms with Crippen molar-refractivity contribution in [1.82, 2.24) is 5.32 Å². The van der Waals surface area contributed by atoms with Crippen LogP contribution in [0.3, 0.4) is 0 Å². The maximum Gasteiger partial charge on any atom is 0.251 e. The van der Waals surface area contributed by atoms with Crippen molar-refractivity contribution < 1.29 is 4.79 Å². The van der Waals surface area contributed by atoms with E-state index in [1.165, 1.54) is 31.2 Å².